The molecule has 0 aliphatic rings. The van der Waals surface area contributed by atoms with Crippen molar-refractivity contribution in [3.8, 4) is 6.07 Å². The maximum absolute atomic E-state index is 8.87. The van der Waals surface area contributed by atoms with Gasteiger partial charge in [-0.15, -0.1) is 11.8 Å². The fourth-order valence-electron chi connectivity index (χ4n) is 1.04. The lowest BCUT2D eigenvalue weighted by Crippen LogP contribution is -2.05. The zero-order valence-electron chi connectivity index (χ0n) is 9.39. The smallest absolute Gasteiger partial charge is 0.206 e. The number of aryl methyl sites for hydroxylation is 1. The van der Waals surface area contributed by atoms with Gasteiger partial charge < -0.3 is 4.84 Å². The third kappa shape index (κ3) is 2.94. The van der Waals surface area contributed by atoms with E-state index >= 15 is 0 Å². The van der Waals surface area contributed by atoms with Gasteiger partial charge in [-0.3, -0.25) is 4.98 Å². The van der Waals surface area contributed by atoms with E-state index in [1.165, 1.54) is 13.3 Å². The highest BCUT2D eigenvalue weighted by Crippen LogP contribution is 2.18. The summed E-state index contributed by atoms with van der Waals surface area (Å²) in [5.41, 5.74) is 1.42. The van der Waals surface area contributed by atoms with Crippen LogP contribution in [0.15, 0.2) is 16.4 Å². The number of hydrogen-bond donors (Lipinski definition) is 0. The van der Waals surface area contributed by atoms with Crippen molar-refractivity contribution >= 4 is 17.5 Å². The van der Waals surface area contributed by atoms with Crippen LogP contribution < -0.4 is 0 Å². The molecule has 84 valence electrons. The molecule has 1 aromatic heterocycles. The Kier molecular flexibility index (Phi) is 4.73. The predicted molar refractivity (Wildman–Crippen MR) is 62.3 cm³/mol. The van der Waals surface area contributed by atoms with Crippen LogP contribution in [-0.2, 0) is 4.84 Å². The zero-order chi connectivity index (χ0) is 12.0. The standard InChI is InChI=1S/C10H12N4OS/c1-4-16-10-7(2)12-6-9(13-10)8(5-11)14-15-3/h6H,4H2,1-3H3/b14-8+. The number of aromatic nitrogens is 2. The molecule has 0 saturated carbocycles. The molecule has 0 amide bonds. The van der Waals surface area contributed by atoms with Gasteiger partial charge in [-0.25, -0.2) is 4.98 Å². The Hall–Kier alpha value is -1.61. The Morgan fingerprint density at radius 3 is 3.00 bits per heavy atom. The topological polar surface area (TPSA) is 71.2 Å². The Morgan fingerprint density at radius 1 is 1.69 bits per heavy atom. The molecular formula is C10H12N4OS. The molecule has 5 nitrogen and oxygen atoms in total. The van der Waals surface area contributed by atoms with Crippen LogP contribution in [0.1, 0.15) is 18.3 Å². The van der Waals surface area contributed by atoms with Crippen LogP contribution in [0.5, 0.6) is 0 Å². The number of thioether (sulfide) groups is 1. The van der Waals surface area contributed by atoms with Gasteiger partial charge in [0.2, 0.25) is 5.71 Å². The van der Waals surface area contributed by atoms with Gasteiger partial charge in [-0.2, -0.15) is 5.26 Å². The van der Waals surface area contributed by atoms with E-state index in [1.807, 2.05) is 19.9 Å². The van der Waals surface area contributed by atoms with Crippen LogP contribution in [0.2, 0.25) is 0 Å². The zero-order valence-corrected chi connectivity index (χ0v) is 10.2. The van der Waals surface area contributed by atoms with Crippen molar-refractivity contribution in [2.45, 2.75) is 18.9 Å². The lowest BCUT2D eigenvalue weighted by molar-refractivity contribution is 0.214. The first-order valence-corrected chi connectivity index (χ1v) is 5.69. The molecule has 0 spiro atoms. The van der Waals surface area contributed by atoms with Crippen molar-refractivity contribution < 1.29 is 4.84 Å². The molecule has 6 heteroatoms. The van der Waals surface area contributed by atoms with Crippen molar-refractivity contribution in [1.82, 2.24) is 9.97 Å². The molecule has 0 unspecified atom stereocenters. The lowest BCUT2D eigenvalue weighted by Gasteiger charge is -2.03. The average molecular weight is 236 g/mol. The van der Waals surface area contributed by atoms with Gasteiger partial charge in [-0.1, -0.05) is 12.1 Å². The molecule has 0 fully saturated rings. The first-order valence-electron chi connectivity index (χ1n) is 4.71. The second kappa shape index (κ2) is 6.08. The molecule has 0 atom stereocenters. The van der Waals surface area contributed by atoms with E-state index in [0.29, 0.717) is 5.69 Å². The summed E-state index contributed by atoms with van der Waals surface area (Å²) < 4.78 is 0. The van der Waals surface area contributed by atoms with Gasteiger partial charge >= 0.3 is 0 Å². The lowest BCUT2D eigenvalue weighted by atomic mass is 10.3. The fourth-order valence-corrected chi connectivity index (χ4v) is 1.73. The summed E-state index contributed by atoms with van der Waals surface area (Å²) in [5.74, 6) is 0.905. The molecule has 0 radical (unpaired) electrons. The summed E-state index contributed by atoms with van der Waals surface area (Å²) in [7, 11) is 1.39. The Balaban J connectivity index is 3.12. The summed E-state index contributed by atoms with van der Waals surface area (Å²) in [6.45, 7) is 3.92. The molecule has 1 rings (SSSR count). The summed E-state index contributed by atoms with van der Waals surface area (Å²) in [6.07, 6.45) is 1.52. The van der Waals surface area contributed by atoms with E-state index in [2.05, 4.69) is 20.0 Å². The van der Waals surface area contributed by atoms with Crippen LogP contribution in [-0.4, -0.2) is 28.5 Å². The molecular weight excluding hydrogens is 224 g/mol. The number of nitriles is 1. The van der Waals surface area contributed by atoms with Gasteiger partial charge in [0.15, 0.2) is 0 Å². The highest BCUT2D eigenvalue weighted by atomic mass is 32.2. The van der Waals surface area contributed by atoms with E-state index in [-0.39, 0.29) is 5.71 Å². The third-order valence-corrected chi connectivity index (χ3v) is 2.67. The van der Waals surface area contributed by atoms with E-state index < -0.39 is 0 Å². The number of nitrogens with zero attached hydrogens (tertiary/aromatic N) is 4. The van der Waals surface area contributed by atoms with Crippen LogP contribution >= 0.6 is 11.8 Å². The first-order chi connectivity index (χ1) is 7.72. The second-order valence-electron chi connectivity index (χ2n) is 2.81. The predicted octanol–water partition coefficient (Wildman–Crippen LogP) is 1.77. The van der Waals surface area contributed by atoms with Gasteiger partial charge in [0.25, 0.3) is 0 Å². The molecule has 0 aliphatic heterocycles. The van der Waals surface area contributed by atoms with Crippen molar-refractivity contribution in [3.63, 3.8) is 0 Å². The molecule has 1 aromatic rings. The number of oxime groups is 1. The molecule has 16 heavy (non-hydrogen) atoms. The van der Waals surface area contributed by atoms with Crippen LogP contribution in [0.4, 0.5) is 0 Å². The monoisotopic (exact) mass is 236 g/mol. The second-order valence-corrected chi connectivity index (χ2v) is 4.07. The largest absolute Gasteiger partial charge is 0.398 e. The minimum Gasteiger partial charge on any atom is -0.398 e. The molecule has 0 bridgehead atoms. The van der Waals surface area contributed by atoms with Gasteiger partial charge in [0.05, 0.1) is 11.9 Å². The fraction of sp³-hybridized carbons (Fsp3) is 0.400. The van der Waals surface area contributed by atoms with E-state index in [4.69, 9.17) is 5.26 Å². The van der Waals surface area contributed by atoms with Crippen molar-refractivity contribution in [2.75, 3.05) is 12.9 Å². The first kappa shape index (κ1) is 12.5. The van der Waals surface area contributed by atoms with E-state index in [9.17, 15) is 0 Å². The quantitative estimate of drug-likeness (QED) is 0.452. The minimum absolute atomic E-state index is 0.132. The highest BCUT2D eigenvalue weighted by Gasteiger charge is 2.09. The molecule has 0 saturated heterocycles. The highest BCUT2D eigenvalue weighted by molar-refractivity contribution is 7.99. The van der Waals surface area contributed by atoms with Crippen LogP contribution in [0.25, 0.3) is 0 Å². The minimum atomic E-state index is 0.132. The Morgan fingerprint density at radius 2 is 2.44 bits per heavy atom. The average Bonchev–Trinajstić information content (AvgIpc) is 2.29. The van der Waals surface area contributed by atoms with Gasteiger partial charge in [-0.05, 0) is 12.7 Å². The summed E-state index contributed by atoms with van der Waals surface area (Å²) in [5, 5.41) is 13.3. The third-order valence-electron chi connectivity index (χ3n) is 1.72. The van der Waals surface area contributed by atoms with Crippen LogP contribution in [0.3, 0.4) is 0 Å². The summed E-state index contributed by atoms with van der Waals surface area (Å²) in [6, 6.07) is 1.92. The molecule has 0 aromatic carbocycles. The van der Waals surface area contributed by atoms with Gasteiger partial charge in [0, 0.05) is 0 Å². The van der Waals surface area contributed by atoms with Crippen LogP contribution in [0, 0.1) is 18.3 Å². The maximum Gasteiger partial charge on any atom is 0.206 e. The van der Waals surface area contributed by atoms with Crippen molar-refractivity contribution in [2.24, 2.45) is 5.16 Å². The SMILES string of the molecule is CCSc1nc(/C(C#N)=N/OC)cnc1C. The van der Waals surface area contributed by atoms with E-state index in [0.717, 1.165) is 16.5 Å². The molecule has 1 heterocycles. The van der Waals surface area contributed by atoms with Gasteiger partial charge in [0.1, 0.15) is 23.9 Å². The molecule has 0 N–H and O–H groups in total. The summed E-state index contributed by atoms with van der Waals surface area (Å²) >= 11 is 1.58. The maximum atomic E-state index is 8.87. The van der Waals surface area contributed by atoms with E-state index in [1.54, 1.807) is 11.8 Å². The Bertz CT molecular complexity index is 439. The van der Waals surface area contributed by atoms with Crippen molar-refractivity contribution in [1.29, 1.82) is 5.26 Å². The normalized spacial score (nSPS) is 11.0. The Labute approximate surface area is 98.5 Å². The summed E-state index contributed by atoms with van der Waals surface area (Å²) in [4.78, 5) is 13.1. The number of hydrogen-bond acceptors (Lipinski definition) is 6. The number of rotatable bonds is 4. The molecule has 0 aliphatic carbocycles. The van der Waals surface area contributed by atoms with Crippen molar-refractivity contribution in [3.05, 3.63) is 17.6 Å².